The Morgan fingerprint density at radius 3 is 2.61 bits per heavy atom. The third kappa shape index (κ3) is 5.67. The highest BCUT2D eigenvalue weighted by atomic mass is 35.5. The molecule has 4 aromatic rings. The third-order valence-electron chi connectivity index (χ3n) is 4.46. The van der Waals surface area contributed by atoms with E-state index >= 15 is 0 Å². The molecule has 0 aliphatic heterocycles. The smallest absolute Gasteiger partial charge is 0.258 e. The van der Waals surface area contributed by atoms with Crippen LogP contribution in [0.15, 0.2) is 83.6 Å². The van der Waals surface area contributed by atoms with Crippen LogP contribution in [0.25, 0.3) is 11.4 Å². The third-order valence-corrected chi connectivity index (χ3v) is 4.71. The summed E-state index contributed by atoms with van der Waals surface area (Å²) >= 11 is 5.87. The van der Waals surface area contributed by atoms with Gasteiger partial charge in [-0.05, 0) is 42.0 Å². The van der Waals surface area contributed by atoms with Crippen LogP contribution in [0, 0.1) is 0 Å². The van der Waals surface area contributed by atoms with Crippen LogP contribution in [0.1, 0.15) is 17.5 Å². The molecule has 1 N–H and O–H groups in total. The lowest BCUT2D eigenvalue weighted by molar-refractivity contribution is -0.124. The Balaban J connectivity index is 1.48. The summed E-state index contributed by atoms with van der Waals surface area (Å²) in [6, 6.07) is 19.7. The van der Waals surface area contributed by atoms with E-state index in [9.17, 15) is 4.79 Å². The van der Waals surface area contributed by atoms with Crippen LogP contribution in [0.2, 0.25) is 5.02 Å². The van der Waals surface area contributed by atoms with Gasteiger partial charge >= 0.3 is 0 Å². The van der Waals surface area contributed by atoms with E-state index in [2.05, 4.69) is 20.4 Å². The number of hydrogen-bond acceptors (Lipinski definition) is 6. The van der Waals surface area contributed by atoms with Gasteiger partial charge in [0.15, 0.2) is 6.61 Å². The van der Waals surface area contributed by atoms with Gasteiger partial charge in [0.2, 0.25) is 11.7 Å². The van der Waals surface area contributed by atoms with Crippen molar-refractivity contribution in [2.24, 2.45) is 0 Å². The lowest BCUT2D eigenvalue weighted by Crippen LogP contribution is -2.34. The zero-order valence-corrected chi connectivity index (χ0v) is 17.2. The molecule has 7 nitrogen and oxygen atoms in total. The molecule has 2 aromatic heterocycles. The maximum atomic E-state index is 12.6. The van der Waals surface area contributed by atoms with E-state index in [0.717, 1.165) is 11.1 Å². The number of halogens is 1. The zero-order chi connectivity index (χ0) is 21.5. The molecule has 8 heteroatoms. The average Bonchev–Trinajstić information content (AvgIpc) is 3.30. The van der Waals surface area contributed by atoms with E-state index in [4.69, 9.17) is 20.9 Å². The van der Waals surface area contributed by atoms with E-state index in [0.29, 0.717) is 28.9 Å². The second kappa shape index (κ2) is 9.86. The van der Waals surface area contributed by atoms with E-state index < -0.39 is 6.04 Å². The number of benzene rings is 2. The number of aromatic nitrogens is 3. The lowest BCUT2D eigenvalue weighted by Gasteiger charge is -2.15. The van der Waals surface area contributed by atoms with Crippen LogP contribution in [-0.4, -0.2) is 27.6 Å². The molecule has 2 aromatic carbocycles. The van der Waals surface area contributed by atoms with E-state index in [1.165, 1.54) is 0 Å². The molecule has 0 aliphatic rings. The minimum absolute atomic E-state index is 0.156. The number of carbonyl (C=O) groups excluding carboxylic acids is 1. The first kappa shape index (κ1) is 20.6. The molecule has 0 radical (unpaired) electrons. The van der Waals surface area contributed by atoms with Crippen LogP contribution in [0.4, 0.5) is 0 Å². The molecule has 4 rings (SSSR count). The monoisotopic (exact) mass is 434 g/mol. The maximum Gasteiger partial charge on any atom is 0.258 e. The van der Waals surface area contributed by atoms with Crippen molar-refractivity contribution in [1.29, 1.82) is 0 Å². The zero-order valence-electron chi connectivity index (χ0n) is 16.4. The normalized spacial score (nSPS) is 11.6. The molecule has 31 heavy (non-hydrogen) atoms. The van der Waals surface area contributed by atoms with Crippen LogP contribution in [0.3, 0.4) is 0 Å². The van der Waals surface area contributed by atoms with Gasteiger partial charge in [-0.15, -0.1) is 0 Å². The Hall–Kier alpha value is -3.71. The molecule has 1 amide bonds. The number of nitrogens with one attached hydrogen (secondary N) is 1. The summed E-state index contributed by atoms with van der Waals surface area (Å²) in [4.78, 5) is 21.1. The molecule has 0 spiro atoms. The van der Waals surface area contributed by atoms with Crippen molar-refractivity contribution < 1.29 is 14.1 Å². The SMILES string of the molecule is O=C(COc1ccc(Cl)cc1)N[C@@H](Cc1ccccc1)c1nc(-c2cccnc2)no1. The molecule has 0 bridgehead atoms. The quantitative estimate of drug-likeness (QED) is 0.445. The molecular formula is C23H19ClN4O3. The van der Waals surface area contributed by atoms with E-state index in [1.54, 1.807) is 42.7 Å². The van der Waals surface area contributed by atoms with E-state index in [-0.39, 0.29) is 12.5 Å². The summed E-state index contributed by atoms with van der Waals surface area (Å²) in [5, 5.41) is 7.56. The van der Waals surface area contributed by atoms with Crippen molar-refractivity contribution in [3.05, 3.63) is 95.6 Å². The molecule has 1 atom stereocenters. The van der Waals surface area contributed by atoms with Crippen molar-refractivity contribution in [3.8, 4) is 17.1 Å². The van der Waals surface area contributed by atoms with Crippen LogP contribution in [0.5, 0.6) is 5.75 Å². The fourth-order valence-corrected chi connectivity index (χ4v) is 3.08. The largest absolute Gasteiger partial charge is 0.484 e. The highest BCUT2D eigenvalue weighted by molar-refractivity contribution is 6.30. The predicted octanol–water partition coefficient (Wildman–Crippen LogP) is 4.26. The van der Waals surface area contributed by atoms with Gasteiger partial charge in [-0.3, -0.25) is 9.78 Å². The molecule has 0 saturated carbocycles. The summed E-state index contributed by atoms with van der Waals surface area (Å²) in [5.74, 6) is 0.961. The minimum atomic E-state index is -0.512. The highest BCUT2D eigenvalue weighted by Gasteiger charge is 2.22. The van der Waals surface area contributed by atoms with Crippen LogP contribution in [-0.2, 0) is 11.2 Å². The van der Waals surface area contributed by atoms with Crippen LogP contribution >= 0.6 is 11.6 Å². The van der Waals surface area contributed by atoms with Gasteiger partial charge < -0.3 is 14.6 Å². The van der Waals surface area contributed by atoms with Crippen molar-refractivity contribution in [3.63, 3.8) is 0 Å². The molecule has 156 valence electrons. The maximum absolute atomic E-state index is 12.6. The lowest BCUT2D eigenvalue weighted by atomic mass is 10.1. The molecular weight excluding hydrogens is 416 g/mol. The van der Waals surface area contributed by atoms with E-state index in [1.807, 2.05) is 36.4 Å². The number of amides is 1. The van der Waals surface area contributed by atoms with Crippen molar-refractivity contribution in [2.75, 3.05) is 6.61 Å². The summed E-state index contributed by atoms with van der Waals surface area (Å²) in [6.45, 7) is -0.156. The Kier molecular flexibility index (Phi) is 6.54. The number of ether oxygens (including phenoxy) is 1. The molecule has 0 saturated heterocycles. The number of carbonyl (C=O) groups is 1. The topological polar surface area (TPSA) is 90.1 Å². The van der Waals surface area contributed by atoms with Gasteiger partial charge in [-0.1, -0.05) is 47.1 Å². The van der Waals surface area contributed by atoms with Gasteiger partial charge in [0, 0.05) is 29.4 Å². The Morgan fingerprint density at radius 2 is 1.87 bits per heavy atom. The van der Waals surface area contributed by atoms with Gasteiger partial charge in [0.05, 0.1) is 0 Å². The fourth-order valence-electron chi connectivity index (χ4n) is 2.95. The summed E-state index contributed by atoms with van der Waals surface area (Å²) < 4.78 is 11.0. The summed E-state index contributed by atoms with van der Waals surface area (Å²) in [5.41, 5.74) is 1.75. The first-order valence-corrected chi connectivity index (χ1v) is 10.0. The number of nitrogens with zero attached hydrogens (tertiary/aromatic N) is 3. The second-order valence-electron chi connectivity index (χ2n) is 6.75. The van der Waals surface area contributed by atoms with Gasteiger partial charge in [0.25, 0.3) is 5.91 Å². The van der Waals surface area contributed by atoms with Gasteiger partial charge in [0.1, 0.15) is 11.8 Å². The van der Waals surface area contributed by atoms with Crippen molar-refractivity contribution >= 4 is 17.5 Å². The van der Waals surface area contributed by atoms with Crippen molar-refractivity contribution in [2.45, 2.75) is 12.5 Å². The van der Waals surface area contributed by atoms with Crippen molar-refractivity contribution in [1.82, 2.24) is 20.4 Å². The Labute approximate surface area is 184 Å². The van der Waals surface area contributed by atoms with Gasteiger partial charge in [-0.25, -0.2) is 0 Å². The average molecular weight is 435 g/mol. The number of hydrogen-bond donors (Lipinski definition) is 1. The predicted molar refractivity (Wildman–Crippen MR) is 116 cm³/mol. The first-order valence-electron chi connectivity index (χ1n) is 9.63. The van der Waals surface area contributed by atoms with Crippen LogP contribution < -0.4 is 10.1 Å². The number of rotatable bonds is 8. The molecule has 0 unspecified atom stereocenters. The highest BCUT2D eigenvalue weighted by Crippen LogP contribution is 2.21. The Bertz CT molecular complexity index is 1120. The standard InChI is InChI=1S/C23H19ClN4O3/c24-18-8-10-19(11-9-18)30-15-21(29)26-20(13-16-5-2-1-3-6-16)23-27-22(28-31-23)17-7-4-12-25-14-17/h1-12,14,20H,13,15H2,(H,26,29)/t20-/m0/s1. The first-order chi connectivity index (χ1) is 15.2. The molecule has 0 aliphatic carbocycles. The Morgan fingerprint density at radius 1 is 1.06 bits per heavy atom. The molecule has 2 heterocycles. The fraction of sp³-hybridized carbons (Fsp3) is 0.130. The second-order valence-corrected chi connectivity index (χ2v) is 7.19. The number of pyridine rings is 1. The summed E-state index contributed by atoms with van der Waals surface area (Å²) in [6.07, 6.45) is 3.81. The minimum Gasteiger partial charge on any atom is -0.484 e. The van der Waals surface area contributed by atoms with Gasteiger partial charge in [-0.2, -0.15) is 4.98 Å². The summed E-state index contributed by atoms with van der Waals surface area (Å²) in [7, 11) is 0. The molecule has 0 fully saturated rings.